The molecular weight excluding hydrogens is 226 g/mol. The Hall–Kier alpha value is -0.770. The van der Waals surface area contributed by atoms with Gasteiger partial charge in [-0.15, -0.1) is 0 Å². The number of amides is 2. The van der Waals surface area contributed by atoms with Crippen LogP contribution in [0, 0.1) is 5.92 Å². The van der Waals surface area contributed by atoms with Gasteiger partial charge in [-0.05, 0) is 33.6 Å². The first kappa shape index (κ1) is 15.3. The van der Waals surface area contributed by atoms with Crippen LogP contribution in [0.15, 0.2) is 0 Å². The molecule has 106 valence electrons. The highest BCUT2D eigenvalue weighted by Gasteiger charge is 2.37. The zero-order valence-electron chi connectivity index (χ0n) is 12.8. The van der Waals surface area contributed by atoms with Crippen molar-refractivity contribution in [3.05, 3.63) is 0 Å². The number of rotatable bonds is 3. The lowest BCUT2D eigenvalue weighted by atomic mass is 9.93. The van der Waals surface area contributed by atoms with Gasteiger partial charge in [0.1, 0.15) is 0 Å². The number of piperazine rings is 1. The van der Waals surface area contributed by atoms with E-state index >= 15 is 0 Å². The number of carbonyl (C=O) groups excluding carboxylic acids is 1. The smallest absolute Gasteiger partial charge is 0.320 e. The number of nitrogens with zero attached hydrogens (tertiary/aromatic N) is 2. The molecular formula is C14H29N3O. The SMILES string of the molecule is CCN(CC)C(=O)N1CC(C)(C)NCC1C(C)C. The van der Waals surface area contributed by atoms with E-state index < -0.39 is 0 Å². The number of hydrogen-bond acceptors (Lipinski definition) is 2. The van der Waals surface area contributed by atoms with E-state index in [-0.39, 0.29) is 11.6 Å². The molecule has 1 atom stereocenters. The monoisotopic (exact) mass is 255 g/mol. The van der Waals surface area contributed by atoms with Crippen molar-refractivity contribution in [2.24, 2.45) is 5.92 Å². The molecule has 1 N–H and O–H groups in total. The van der Waals surface area contributed by atoms with Crippen molar-refractivity contribution >= 4 is 6.03 Å². The molecule has 1 heterocycles. The summed E-state index contributed by atoms with van der Waals surface area (Å²) in [5, 5.41) is 3.54. The van der Waals surface area contributed by atoms with Crippen molar-refractivity contribution in [2.45, 2.75) is 53.1 Å². The van der Waals surface area contributed by atoms with Crippen LogP contribution in [0.3, 0.4) is 0 Å². The second-order valence-electron chi connectivity index (χ2n) is 6.16. The molecule has 1 unspecified atom stereocenters. The number of carbonyl (C=O) groups is 1. The number of nitrogens with one attached hydrogen (secondary N) is 1. The van der Waals surface area contributed by atoms with Crippen molar-refractivity contribution in [3.8, 4) is 0 Å². The molecule has 18 heavy (non-hydrogen) atoms. The van der Waals surface area contributed by atoms with Crippen molar-refractivity contribution in [1.82, 2.24) is 15.1 Å². The third-order valence-corrected chi connectivity index (χ3v) is 3.80. The maximum absolute atomic E-state index is 12.6. The van der Waals surface area contributed by atoms with Crippen molar-refractivity contribution in [3.63, 3.8) is 0 Å². The molecule has 1 fully saturated rings. The zero-order valence-corrected chi connectivity index (χ0v) is 12.8. The van der Waals surface area contributed by atoms with Gasteiger partial charge in [-0.25, -0.2) is 4.79 Å². The van der Waals surface area contributed by atoms with E-state index in [0.29, 0.717) is 12.0 Å². The van der Waals surface area contributed by atoms with Gasteiger partial charge in [0, 0.05) is 37.8 Å². The van der Waals surface area contributed by atoms with Crippen LogP contribution < -0.4 is 5.32 Å². The largest absolute Gasteiger partial charge is 0.325 e. The molecule has 1 rings (SSSR count). The molecule has 2 amide bonds. The molecule has 0 saturated carbocycles. The lowest BCUT2D eigenvalue weighted by Gasteiger charge is -2.47. The summed E-state index contributed by atoms with van der Waals surface area (Å²) in [6.07, 6.45) is 0. The molecule has 0 aliphatic carbocycles. The van der Waals surface area contributed by atoms with Gasteiger partial charge in [0.25, 0.3) is 0 Å². The lowest BCUT2D eigenvalue weighted by Crippen LogP contribution is -2.66. The van der Waals surface area contributed by atoms with Crippen LogP contribution in [0.2, 0.25) is 0 Å². The van der Waals surface area contributed by atoms with Crippen LogP contribution in [0.5, 0.6) is 0 Å². The Morgan fingerprint density at radius 1 is 1.39 bits per heavy atom. The highest BCUT2D eigenvalue weighted by molar-refractivity contribution is 5.75. The quantitative estimate of drug-likeness (QED) is 0.839. The van der Waals surface area contributed by atoms with Gasteiger partial charge in [-0.1, -0.05) is 13.8 Å². The van der Waals surface area contributed by atoms with E-state index in [1.165, 1.54) is 0 Å². The first-order chi connectivity index (χ1) is 8.32. The lowest BCUT2D eigenvalue weighted by molar-refractivity contribution is 0.0722. The predicted octanol–water partition coefficient (Wildman–Crippen LogP) is 2.16. The summed E-state index contributed by atoms with van der Waals surface area (Å²) in [6.45, 7) is 16.0. The van der Waals surface area contributed by atoms with E-state index in [9.17, 15) is 4.79 Å². The van der Waals surface area contributed by atoms with Crippen LogP contribution in [-0.4, -0.2) is 53.6 Å². The van der Waals surface area contributed by atoms with E-state index in [4.69, 9.17) is 0 Å². The summed E-state index contributed by atoms with van der Waals surface area (Å²) in [5.74, 6) is 0.480. The number of hydrogen-bond donors (Lipinski definition) is 1. The molecule has 4 nitrogen and oxygen atoms in total. The van der Waals surface area contributed by atoms with Crippen LogP contribution in [0.1, 0.15) is 41.5 Å². The number of urea groups is 1. The summed E-state index contributed by atoms with van der Waals surface area (Å²) in [6, 6.07) is 0.486. The molecule has 0 aromatic rings. The minimum absolute atomic E-state index is 0.00814. The summed E-state index contributed by atoms with van der Waals surface area (Å²) < 4.78 is 0. The van der Waals surface area contributed by atoms with Crippen LogP contribution in [0.25, 0.3) is 0 Å². The van der Waals surface area contributed by atoms with Gasteiger partial charge in [-0.3, -0.25) is 0 Å². The fraction of sp³-hybridized carbons (Fsp3) is 0.929. The van der Waals surface area contributed by atoms with Gasteiger partial charge >= 0.3 is 6.03 Å². The third kappa shape index (κ3) is 3.37. The van der Waals surface area contributed by atoms with Crippen LogP contribution in [0.4, 0.5) is 4.79 Å². The first-order valence-corrected chi connectivity index (χ1v) is 7.13. The third-order valence-electron chi connectivity index (χ3n) is 3.80. The fourth-order valence-electron chi connectivity index (χ4n) is 2.57. The highest BCUT2D eigenvalue weighted by Crippen LogP contribution is 2.21. The Balaban J connectivity index is 2.87. The average molecular weight is 255 g/mol. The van der Waals surface area contributed by atoms with E-state index in [1.54, 1.807) is 0 Å². The second kappa shape index (κ2) is 5.91. The minimum Gasteiger partial charge on any atom is -0.325 e. The van der Waals surface area contributed by atoms with E-state index in [0.717, 1.165) is 26.2 Å². The predicted molar refractivity (Wildman–Crippen MR) is 75.7 cm³/mol. The minimum atomic E-state index is 0.00814. The standard InChI is InChI=1S/C14H29N3O/c1-7-16(8-2)13(18)17-10-14(5,6)15-9-12(17)11(3)4/h11-12,15H,7-10H2,1-6H3. The van der Waals surface area contributed by atoms with Crippen molar-refractivity contribution in [2.75, 3.05) is 26.2 Å². The Morgan fingerprint density at radius 2 is 1.94 bits per heavy atom. The normalized spacial score (nSPS) is 23.3. The average Bonchev–Trinajstić information content (AvgIpc) is 2.28. The summed E-state index contributed by atoms with van der Waals surface area (Å²) in [4.78, 5) is 16.6. The van der Waals surface area contributed by atoms with E-state index in [1.807, 2.05) is 18.7 Å². The molecule has 0 spiro atoms. The highest BCUT2D eigenvalue weighted by atomic mass is 16.2. The topological polar surface area (TPSA) is 35.6 Å². The van der Waals surface area contributed by atoms with Gasteiger partial charge in [0.2, 0.25) is 0 Å². The fourth-order valence-corrected chi connectivity index (χ4v) is 2.57. The summed E-state index contributed by atoms with van der Waals surface area (Å²) >= 11 is 0. The molecule has 0 radical (unpaired) electrons. The molecule has 1 aliphatic rings. The van der Waals surface area contributed by atoms with E-state index in [2.05, 4.69) is 37.9 Å². The zero-order chi connectivity index (χ0) is 13.9. The maximum atomic E-state index is 12.6. The molecule has 1 aliphatic heterocycles. The Labute approximate surface area is 112 Å². The van der Waals surface area contributed by atoms with Gasteiger partial charge in [-0.2, -0.15) is 0 Å². The van der Waals surface area contributed by atoms with Crippen LogP contribution >= 0.6 is 0 Å². The molecule has 1 saturated heterocycles. The van der Waals surface area contributed by atoms with Gasteiger partial charge in [0.05, 0.1) is 0 Å². The molecule has 0 aromatic carbocycles. The van der Waals surface area contributed by atoms with Crippen molar-refractivity contribution < 1.29 is 4.79 Å². The van der Waals surface area contributed by atoms with Crippen LogP contribution in [-0.2, 0) is 0 Å². The maximum Gasteiger partial charge on any atom is 0.320 e. The second-order valence-corrected chi connectivity index (χ2v) is 6.16. The van der Waals surface area contributed by atoms with Crippen molar-refractivity contribution in [1.29, 1.82) is 0 Å². The molecule has 0 aromatic heterocycles. The Morgan fingerprint density at radius 3 is 2.39 bits per heavy atom. The molecule has 4 heteroatoms. The summed E-state index contributed by atoms with van der Waals surface area (Å²) in [5.41, 5.74) is 0.00814. The Kier molecular flexibility index (Phi) is 5.02. The van der Waals surface area contributed by atoms with Gasteiger partial charge < -0.3 is 15.1 Å². The Bertz CT molecular complexity index is 285. The van der Waals surface area contributed by atoms with Gasteiger partial charge in [0.15, 0.2) is 0 Å². The molecule has 0 bridgehead atoms. The first-order valence-electron chi connectivity index (χ1n) is 7.13. The summed E-state index contributed by atoms with van der Waals surface area (Å²) in [7, 11) is 0.